The lowest BCUT2D eigenvalue weighted by Crippen LogP contribution is -2.14. The summed E-state index contributed by atoms with van der Waals surface area (Å²) in [6, 6.07) is 4.00. The average molecular weight is 305 g/mol. The quantitative estimate of drug-likeness (QED) is 0.724. The average Bonchev–Trinajstić information content (AvgIpc) is 2.88. The lowest BCUT2D eigenvalue weighted by molar-refractivity contribution is 0.355. The van der Waals surface area contributed by atoms with Crippen LogP contribution in [0.4, 0.5) is 0 Å². The van der Waals surface area contributed by atoms with Crippen molar-refractivity contribution in [1.29, 1.82) is 0 Å². The van der Waals surface area contributed by atoms with Crippen molar-refractivity contribution in [2.24, 2.45) is 0 Å². The lowest BCUT2D eigenvalue weighted by atomic mass is 10.2. The standard InChI is InChI=1S/C17H27N3O2/c1-5-6-7-10-20-14-12-16(22-4)15(21-3)11-13(14)19-17(20)8-9-18-2/h11-12,18H,5-10H2,1-4H3. The number of benzene rings is 1. The van der Waals surface area contributed by atoms with Crippen LogP contribution in [0.25, 0.3) is 11.0 Å². The Hall–Kier alpha value is -1.75. The summed E-state index contributed by atoms with van der Waals surface area (Å²) in [5.74, 6) is 2.61. The molecule has 0 bridgehead atoms. The van der Waals surface area contributed by atoms with Crippen molar-refractivity contribution in [2.45, 2.75) is 39.2 Å². The number of aromatic nitrogens is 2. The number of rotatable bonds is 9. The van der Waals surface area contributed by atoms with Crippen LogP contribution in [0.3, 0.4) is 0 Å². The van der Waals surface area contributed by atoms with E-state index in [1.54, 1.807) is 14.2 Å². The molecule has 22 heavy (non-hydrogen) atoms. The molecule has 1 N–H and O–H groups in total. The van der Waals surface area contributed by atoms with Gasteiger partial charge >= 0.3 is 0 Å². The van der Waals surface area contributed by atoms with Crippen LogP contribution in [-0.2, 0) is 13.0 Å². The van der Waals surface area contributed by atoms with Gasteiger partial charge in [-0.1, -0.05) is 19.8 Å². The zero-order valence-electron chi connectivity index (χ0n) is 14.1. The Bertz CT molecular complexity index is 607. The van der Waals surface area contributed by atoms with E-state index in [4.69, 9.17) is 14.5 Å². The monoisotopic (exact) mass is 305 g/mol. The van der Waals surface area contributed by atoms with Crippen LogP contribution in [0.2, 0.25) is 0 Å². The predicted molar refractivity (Wildman–Crippen MR) is 90.0 cm³/mol. The Labute approximate surface area is 132 Å². The molecule has 0 saturated carbocycles. The van der Waals surface area contributed by atoms with E-state index in [2.05, 4.69) is 16.8 Å². The van der Waals surface area contributed by atoms with Gasteiger partial charge in [0.1, 0.15) is 5.82 Å². The van der Waals surface area contributed by atoms with Gasteiger partial charge < -0.3 is 19.4 Å². The van der Waals surface area contributed by atoms with Gasteiger partial charge in [0.25, 0.3) is 0 Å². The number of hydrogen-bond acceptors (Lipinski definition) is 4. The minimum absolute atomic E-state index is 0.730. The van der Waals surface area contributed by atoms with E-state index in [9.17, 15) is 0 Å². The van der Waals surface area contributed by atoms with Crippen molar-refractivity contribution >= 4 is 11.0 Å². The summed E-state index contributed by atoms with van der Waals surface area (Å²) in [5, 5.41) is 3.20. The molecule has 0 saturated heterocycles. The Morgan fingerprint density at radius 2 is 1.86 bits per heavy atom. The van der Waals surface area contributed by atoms with Crippen LogP contribution in [0.1, 0.15) is 32.0 Å². The number of nitrogens with zero attached hydrogens (tertiary/aromatic N) is 2. The van der Waals surface area contributed by atoms with Crippen molar-refractivity contribution in [3.05, 3.63) is 18.0 Å². The van der Waals surface area contributed by atoms with E-state index < -0.39 is 0 Å². The number of nitrogens with one attached hydrogen (secondary N) is 1. The van der Waals surface area contributed by atoms with Gasteiger partial charge in [0.05, 0.1) is 25.3 Å². The number of hydrogen-bond donors (Lipinski definition) is 1. The topological polar surface area (TPSA) is 48.3 Å². The van der Waals surface area contributed by atoms with E-state index in [1.165, 1.54) is 19.3 Å². The fourth-order valence-electron chi connectivity index (χ4n) is 2.70. The highest BCUT2D eigenvalue weighted by molar-refractivity contribution is 5.80. The molecule has 2 aromatic rings. The zero-order valence-corrected chi connectivity index (χ0v) is 14.1. The van der Waals surface area contributed by atoms with Crippen molar-refractivity contribution in [1.82, 2.24) is 14.9 Å². The lowest BCUT2D eigenvalue weighted by Gasteiger charge is -2.11. The van der Waals surface area contributed by atoms with E-state index in [-0.39, 0.29) is 0 Å². The molecule has 5 heteroatoms. The summed E-state index contributed by atoms with van der Waals surface area (Å²) in [6.07, 6.45) is 4.54. The van der Waals surface area contributed by atoms with Gasteiger partial charge in [-0.3, -0.25) is 0 Å². The molecule has 1 heterocycles. The van der Waals surface area contributed by atoms with Crippen LogP contribution in [0.15, 0.2) is 12.1 Å². The van der Waals surface area contributed by atoms with Gasteiger partial charge in [0, 0.05) is 31.6 Å². The third kappa shape index (κ3) is 3.53. The summed E-state index contributed by atoms with van der Waals surface area (Å²) >= 11 is 0. The molecule has 1 aromatic heterocycles. The minimum atomic E-state index is 0.730. The Morgan fingerprint density at radius 1 is 1.14 bits per heavy atom. The number of fused-ring (bicyclic) bond motifs is 1. The molecular formula is C17H27N3O2. The van der Waals surface area contributed by atoms with E-state index in [1.807, 2.05) is 19.2 Å². The Balaban J connectivity index is 2.44. The molecule has 0 radical (unpaired) electrons. The smallest absolute Gasteiger partial charge is 0.163 e. The molecule has 0 atom stereocenters. The fourth-order valence-corrected chi connectivity index (χ4v) is 2.70. The van der Waals surface area contributed by atoms with Gasteiger partial charge in [0.15, 0.2) is 11.5 Å². The highest BCUT2D eigenvalue weighted by Crippen LogP contribution is 2.32. The van der Waals surface area contributed by atoms with Crippen LogP contribution < -0.4 is 14.8 Å². The number of imidazole rings is 1. The van der Waals surface area contributed by atoms with Crippen molar-refractivity contribution in [3.8, 4) is 11.5 Å². The maximum Gasteiger partial charge on any atom is 0.163 e. The summed E-state index contributed by atoms with van der Waals surface area (Å²) in [4.78, 5) is 4.80. The fraction of sp³-hybridized carbons (Fsp3) is 0.588. The van der Waals surface area contributed by atoms with Crippen LogP contribution in [0, 0.1) is 0 Å². The molecule has 1 aromatic carbocycles. The number of aryl methyl sites for hydroxylation is 1. The molecule has 0 aliphatic heterocycles. The molecule has 0 amide bonds. The van der Waals surface area contributed by atoms with Gasteiger partial charge in [0.2, 0.25) is 0 Å². The summed E-state index contributed by atoms with van der Waals surface area (Å²) in [6.45, 7) is 4.14. The van der Waals surface area contributed by atoms with E-state index in [0.29, 0.717) is 0 Å². The number of ether oxygens (including phenoxy) is 2. The Kier molecular flexibility index (Phi) is 6.07. The first-order valence-corrected chi connectivity index (χ1v) is 8.00. The summed E-state index contributed by atoms with van der Waals surface area (Å²) in [7, 11) is 5.30. The highest BCUT2D eigenvalue weighted by atomic mass is 16.5. The predicted octanol–water partition coefficient (Wildman–Crippen LogP) is 3.01. The minimum Gasteiger partial charge on any atom is -0.493 e. The van der Waals surface area contributed by atoms with Gasteiger partial charge in [-0.15, -0.1) is 0 Å². The molecule has 0 fully saturated rings. The second kappa shape index (κ2) is 8.03. The number of methoxy groups -OCH3 is 2. The molecule has 0 spiro atoms. The van der Waals surface area contributed by atoms with Crippen LogP contribution in [-0.4, -0.2) is 37.4 Å². The molecule has 5 nitrogen and oxygen atoms in total. The first-order valence-electron chi connectivity index (χ1n) is 8.00. The van der Waals surface area contributed by atoms with Crippen LogP contribution >= 0.6 is 0 Å². The second-order valence-corrected chi connectivity index (χ2v) is 5.44. The molecule has 0 aliphatic carbocycles. The summed E-state index contributed by atoms with van der Waals surface area (Å²) in [5.41, 5.74) is 2.10. The van der Waals surface area contributed by atoms with Crippen LogP contribution in [0.5, 0.6) is 11.5 Å². The normalized spacial score (nSPS) is 11.1. The first kappa shape index (κ1) is 16.6. The van der Waals surface area contributed by atoms with Crippen molar-refractivity contribution in [3.63, 3.8) is 0 Å². The maximum absolute atomic E-state index is 5.44. The third-order valence-corrected chi connectivity index (χ3v) is 3.92. The summed E-state index contributed by atoms with van der Waals surface area (Å²) < 4.78 is 13.1. The molecule has 0 aliphatic rings. The highest BCUT2D eigenvalue weighted by Gasteiger charge is 2.14. The molecule has 2 rings (SSSR count). The molecule has 0 unspecified atom stereocenters. The van der Waals surface area contributed by atoms with Crippen molar-refractivity contribution < 1.29 is 9.47 Å². The number of unbranched alkanes of at least 4 members (excludes halogenated alkanes) is 2. The molecular weight excluding hydrogens is 278 g/mol. The van der Waals surface area contributed by atoms with Gasteiger partial charge in [-0.05, 0) is 13.5 Å². The Morgan fingerprint density at radius 3 is 2.50 bits per heavy atom. The third-order valence-electron chi connectivity index (χ3n) is 3.92. The van der Waals surface area contributed by atoms with Gasteiger partial charge in [-0.25, -0.2) is 4.98 Å². The van der Waals surface area contributed by atoms with Crippen molar-refractivity contribution in [2.75, 3.05) is 27.8 Å². The second-order valence-electron chi connectivity index (χ2n) is 5.44. The number of likely N-dealkylation sites (N-methyl/N-ethyl adjacent to an activating group) is 1. The zero-order chi connectivity index (χ0) is 15.9. The first-order chi connectivity index (χ1) is 10.7. The SMILES string of the molecule is CCCCCn1c(CCNC)nc2cc(OC)c(OC)cc21. The molecule has 122 valence electrons. The van der Waals surface area contributed by atoms with E-state index >= 15 is 0 Å². The largest absolute Gasteiger partial charge is 0.493 e. The van der Waals surface area contributed by atoms with E-state index in [0.717, 1.165) is 47.9 Å². The maximum atomic E-state index is 5.44. The van der Waals surface area contributed by atoms with Gasteiger partial charge in [-0.2, -0.15) is 0 Å².